The fraction of sp³-hybridized carbons (Fsp3) is 0.474. The van der Waals surface area contributed by atoms with E-state index in [1.807, 2.05) is 24.3 Å². The largest absolute Gasteiger partial charge is 0.380 e. The van der Waals surface area contributed by atoms with Crippen molar-refractivity contribution >= 4 is 16.6 Å². The van der Waals surface area contributed by atoms with E-state index < -0.39 is 0 Å². The van der Waals surface area contributed by atoms with Gasteiger partial charge >= 0.3 is 0 Å². The number of para-hydroxylation sites is 1. The standard InChI is InChI=1S/C19H21N3O/c1-2-23-17-10-16(19(17)8-5-9-19)22-18-13(11-20)12-21-15-7-4-3-6-14(15)18/h3-4,6-7,12,16-17H,2,5,8-10H2,1H3,(H,21,22). The van der Waals surface area contributed by atoms with Crippen LogP contribution in [0.4, 0.5) is 5.69 Å². The first-order valence-electron chi connectivity index (χ1n) is 8.44. The summed E-state index contributed by atoms with van der Waals surface area (Å²) in [4.78, 5) is 4.39. The highest BCUT2D eigenvalue weighted by Crippen LogP contribution is 2.58. The molecular formula is C19H21N3O. The topological polar surface area (TPSA) is 57.9 Å². The Hall–Kier alpha value is -2.12. The van der Waals surface area contributed by atoms with Crippen LogP contribution in [0.2, 0.25) is 0 Å². The Morgan fingerprint density at radius 2 is 2.22 bits per heavy atom. The predicted molar refractivity (Wildman–Crippen MR) is 90.2 cm³/mol. The maximum atomic E-state index is 9.46. The van der Waals surface area contributed by atoms with Gasteiger partial charge in [0.05, 0.1) is 22.9 Å². The van der Waals surface area contributed by atoms with Crippen LogP contribution < -0.4 is 5.32 Å². The van der Waals surface area contributed by atoms with Gasteiger partial charge in [-0.1, -0.05) is 24.6 Å². The Kier molecular flexibility index (Phi) is 3.46. The third-order valence-corrected chi connectivity index (χ3v) is 5.65. The second kappa shape index (κ2) is 5.50. The molecule has 2 saturated carbocycles. The average molecular weight is 307 g/mol. The van der Waals surface area contributed by atoms with E-state index >= 15 is 0 Å². The van der Waals surface area contributed by atoms with Crippen LogP contribution in [0.25, 0.3) is 10.9 Å². The minimum Gasteiger partial charge on any atom is -0.380 e. The summed E-state index contributed by atoms with van der Waals surface area (Å²) in [6.45, 7) is 2.85. The molecule has 1 aromatic carbocycles. The van der Waals surface area contributed by atoms with Gasteiger partial charge in [0.1, 0.15) is 6.07 Å². The fourth-order valence-electron chi connectivity index (χ4n) is 4.20. The Labute approximate surface area is 136 Å². The van der Waals surface area contributed by atoms with E-state index in [1.54, 1.807) is 6.20 Å². The molecule has 0 amide bonds. The van der Waals surface area contributed by atoms with Crippen molar-refractivity contribution in [2.24, 2.45) is 5.41 Å². The summed E-state index contributed by atoms with van der Waals surface area (Å²) in [5, 5.41) is 14.2. The molecule has 2 aromatic rings. The van der Waals surface area contributed by atoms with Crippen LogP contribution in [0.3, 0.4) is 0 Å². The number of nitrogens with one attached hydrogen (secondary N) is 1. The number of benzene rings is 1. The zero-order chi connectivity index (χ0) is 15.9. The molecule has 4 heteroatoms. The summed E-state index contributed by atoms with van der Waals surface area (Å²) in [6.07, 6.45) is 6.80. The van der Waals surface area contributed by atoms with E-state index in [4.69, 9.17) is 4.74 Å². The lowest BCUT2D eigenvalue weighted by atomic mass is 9.51. The third kappa shape index (κ3) is 2.11. The van der Waals surface area contributed by atoms with Gasteiger partial charge < -0.3 is 10.1 Å². The molecule has 2 atom stereocenters. The molecule has 2 unspecified atom stereocenters. The molecule has 0 aliphatic heterocycles. The van der Waals surface area contributed by atoms with E-state index in [-0.39, 0.29) is 5.41 Å². The minimum atomic E-state index is 0.271. The Morgan fingerprint density at radius 3 is 2.91 bits per heavy atom. The zero-order valence-electron chi connectivity index (χ0n) is 13.4. The monoisotopic (exact) mass is 307 g/mol. The molecule has 4 rings (SSSR count). The molecule has 1 N–H and O–H groups in total. The van der Waals surface area contributed by atoms with Gasteiger partial charge in [-0.3, -0.25) is 4.98 Å². The van der Waals surface area contributed by atoms with E-state index in [9.17, 15) is 5.26 Å². The molecule has 1 aromatic heterocycles. The van der Waals surface area contributed by atoms with Crippen molar-refractivity contribution in [1.82, 2.24) is 4.98 Å². The lowest BCUT2D eigenvalue weighted by Gasteiger charge is -2.61. The second-order valence-electron chi connectivity index (χ2n) is 6.64. The summed E-state index contributed by atoms with van der Waals surface area (Å²) in [5.74, 6) is 0. The Bertz CT molecular complexity index is 776. The van der Waals surface area contributed by atoms with Crippen molar-refractivity contribution in [1.29, 1.82) is 5.26 Å². The molecule has 0 saturated heterocycles. The lowest BCUT2D eigenvalue weighted by molar-refractivity contribution is -0.157. The molecule has 4 nitrogen and oxygen atoms in total. The number of hydrogen-bond donors (Lipinski definition) is 1. The third-order valence-electron chi connectivity index (χ3n) is 5.65. The van der Waals surface area contributed by atoms with Crippen LogP contribution >= 0.6 is 0 Å². The average Bonchev–Trinajstić information content (AvgIpc) is 2.52. The maximum absolute atomic E-state index is 9.46. The van der Waals surface area contributed by atoms with Crippen LogP contribution in [0.15, 0.2) is 30.5 Å². The van der Waals surface area contributed by atoms with Gasteiger partial charge in [-0.25, -0.2) is 0 Å². The lowest BCUT2D eigenvalue weighted by Crippen LogP contribution is -2.64. The fourth-order valence-corrected chi connectivity index (χ4v) is 4.20. The van der Waals surface area contributed by atoms with Crippen molar-refractivity contribution in [3.05, 3.63) is 36.0 Å². The number of fused-ring (bicyclic) bond motifs is 1. The number of ether oxygens (including phenoxy) is 1. The molecule has 118 valence electrons. The number of nitriles is 1. The van der Waals surface area contributed by atoms with E-state index in [0.29, 0.717) is 17.7 Å². The molecular weight excluding hydrogens is 286 g/mol. The van der Waals surface area contributed by atoms with Gasteiger partial charge in [0, 0.05) is 29.6 Å². The summed E-state index contributed by atoms with van der Waals surface area (Å²) in [6, 6.07) is 10.7. The van der Waals surface area contributed by atoms with Gasteiger partial charge in [-0.15, -0.1) is 0 Å². The van der Waals surface area contributed by atoms with Crippen molar-refractivity contribution in [3.63, 3.8) is 0 Å². The molecule has 2 aliphatic rings. The van der Waals surface area contributed by atoms with E-state index in [0.717, 1.165) is 29.6 Å². The molecule has 0 radical (unpaired) electrons. The van der Waals surface area contributed by atoms with Crippen LogP contribution in [-0.4, -0.2) is 23.7 Å². The van der Waals surface area contributed by atoms with Gasteiger partial charge in [0.2, 0.25) is 0 Å². The minimum absolute atomic E-state index is 0.271. The first-order chi connectivity index (χ1) is 11.3. The van der Waals surface area contributed by atoms with Gasteiger partial charge in [-0.2, -0.15) is 5.26 Å². The summed E-state index contributed by atoms with van der Waals surface area (Å²) < 4.78 is 5.93. The smallest absolute Gasteiger partial charge is 0.103 e. The number of aromatic nitrogens is 1. The predicted octanol–water partition coefficient (Wildman–Crippen LogP) is 3.87. The molecule has 2 fully saturated rings. The Balaban J connectivity index is 1.67. The molecule has 2 aliphatic carbocycles. The molecule has 23 heavy (non-hydrogen) atoms. The number of hydrogen-bond acceptors (Lipinski definition) is 4. The molecule has 0 bridgehead atoms. The molecule has 1 heterocycles. The van der Waals surface area contributed by atoms with Crippen molar-refractivity contribution in [2.45, 2.75) is 44.8 Å². The van der Waals surface area contributed by atoms with Crippen LogP contribution in [0, 0.1) is 16.7 Å². The second-order valence-corrected chi connectivity index (χ2v) is 6.64. The quantitative estimate of drug-likeness (QED) is 0.931. The SMILES string of the molecule is CCOC1CC(Nc2c(C#N)cnc3ccccc23)C12CCC2. The van der Waals surface area contributed by atoms with Crippen LogP contribution in [0.5, 0.6) is 0 Å². The Morgan fingerprint density at radius 1 is 1.39 bits per heavy atom. The number of anilines is 1. The highest BCUT2D eigenvalue weighted by molar-refractivity contribution is 5.94. The van der Waals surface area contributed by atoms with Crippen molar-refractivity contribution in [3.8, 4) is 6.07 Å². The van der Waals surface area contributed by atoms with Gasteiger partial charge in [0.25, 0.3) is 0 Å². The number of pyridine rings is 1. The van der Waals surface area contributed by atoms with Gasteiger partial charge in [0.15, 0.2) is 0 Å². The number of rotatable bonds is 4. The van der Waals surface area contributed by atoms with Crippen LogP contribution in [-0.2, 0) is 4.74 Å². The highest BCUT2D eigenvalue weighted by atomic mass is 16.5. The van der Waals surface area contributed by atoms with Crippen molar-refractivity contribution in [2.75, 3.05) is 11.9 Å². The number of nitrogens with zero attached hydrogens (tertiary/aromatic N) is 2. The summed E-state index contributed by atoms with van der Waals surface area (Å²) in [5.41, 5.74) is 2.76. The highest BCUT2D eigenvalue weighted by Gasteiger charge is 2.59. The maximum Gasteiger partial charge on any atom is 0.103 e. The molecule has 1 spiro atoms. The summed E-state index contributed by atoms with van der Waals surface area (Å²) >= 11 is 0. The normalized spacial score (nSPS) is 24.7. The van der Waals surface area contributed by atoms with Gasteiger partial charge in [-0.05, 0) is 32.3 Å². The summed E-state index contributed by atoms with van der Waals surface area (Å²) in [7, 11) is 0. The first kappa shape index (κ1) is 14.5. The van der Waals surface area contributed by atoms with E-state index in [1.165, 1.54) is 19.3 Å². The van der Waals surface area contributed by atoms with Crippen molar-refractivity contribution < 1.29 is 4.74 Å². The zero-order valence-corrected chi connectivity index (χ0v) is 13.4. The van der Waals surface area contributed by atoms with E-state index in [2.05, 4.69) is 23.3 Å². The van der Waals surface area contributed by atoms with Crippen LogP contribution in [0.1, 0.15) is 38.2 Å². The first-order valence-corrected chi connectivity index (χ1v) is 8.44.